The highest BCUT2D eigenvalue weighted by Crippen LogP contribution is 2.21. The van der Waals surface area contributed by atoms with Crippen molar-refractivity contribution in [3.05, 3.63) is 41.7 Å². The first-order valence-corrected chi connectivity index (χ1v) is 5.64. The molecule has 0 saturated carbocycles. The van der Waals surface area contributed by atoms with Crippen molar-refractivity contribution in [1.29, 1.82) is 0 Å². The largest absolute Gasteiger partial charge is 0.503 e. The number of esters is 1. The molecule has 17 heavy (non-hydrogen) atoms. The molecule has 0 amide bonds. The highest BCUT2D eigenvalue weighted by Gasteiger charge is 2.15. The van der Waals surface area contributed by atoms with E-state index in [1.54, 1.807) is 0 Å². The Kier molecular flexibility index (Phi) is 5.27. The lowest BCUT2D eigenvalue weighted by Crippen LogP contribution is -2.06. The summed E-state index contributed by atoms with van der Waals surface area (Å²) in [6, 6.07) is 7.80. The van der Waals surface area contributed by atoms with E-state index in [9.17, 15) is 4.79 Å². The Bertz CT molecular complexity index is 408. The molecule has 1 rings (SSSR count). The molecule has 1 aromatic rings. The third-order valence-electron chi connectivity index (χ3n) is 2.47. The average Bonchev–Trinajstić information content (AvgIpc) is 2.36. The Morgan fingerprint density at radius 3 is 2.59 bits per heavy atom. The molecule has 0 unspecified atom stereocenters. The number of ether oxygens (including phenoxy) is 2. The van der Waals surface area contributed by atoms with Gasteiger partial charge in [0.2, 0.25) is 0 Å². The fourth-order valence-electron chi connectivity index (χ4n) is 1.72. The molecule has 0 fully saturated rings. The quantitative estimate of drug-likeness (QED) is 0.446. The molecule has 0 aromatic heterocycles. The Hall–Kier alpha value is -1.77. The van der Waals surface area contributed by atoms with Crippen molar-refractivity contribution in [2.24, 2.45) is 0 Å². The third kappa shape index (κ3) is 3.34. The lowest BCUT2D eigenvalue weighted by atomic mass is 9.97. The predicted molar refractivity (Wildman–Crippen MR) is 67.4 cm³/mol. The number of aryl methyl sites for hydroxylation is 1. The Labute approximate surface area is 102 Å². The van der Waals surface area contributed by atoms with Gasteiger partial charge >= 0.3 is 5.97 Å². The van der Waals surface area contributed by atoms with Crippen LogP contribution in [0.4, 0.5) is 0 Å². The minimum Gasteiger partial charge on any atom is -0.503 e. The molecule has 0 saturated heterocycles. The molecule has 0 aliphatic heterocycles. The maximum atomic E-state index is 11.7. The van der Waals surface area contributed by atoms with Crippen LogP contribution >= 0.6 is 0 Å². The van der Waals surface area contributed by atoms with Gasteiger partial charge in [0.05, 0.1) is 20.5 Å². The standard InChI is InChI=1S/C14H18O3/c1-4-7-11-8-5-6-9-12(11)13(10-16-2)14(15)17-3/h5-6,8-10H,4,7H2,1-3H3/b13-10+. The molecule has 1 aromatic carbocycles. The van der Waals surface area contributed by atoms with Crippen LogP contribution in [0.2, 0.25) is 0 Å². The van der Waals surface area contributed by atoms with Crippen LogP contribution in [0.15, 0.2) is 30.5 Å². The van der Waals surface area contributed by atoms with E-state index in [0.717, 1.165) is 24.0 Å². The minimum atomic E-state index is -0.379. The number of carbonyl (C=O) groups excluding carboxylic acids is 1. The van der Waals surface area contributed by atoms with Crippen molar-refractivity contribution in [3.8, 4) is 0 Å². The molecule has 0 N–H and O–H groups in total. The number of hydrogen-bond acceptors (Lipinski definition) is 3. The molecule has 0 aliphatic rings. The highest BCUT2D eigenvalue weighted by molar-refractivity contribution is 6.16. The zero-order chi connectivity index (χ0) is 12.7. The minimum absolute atomic E-state index is 0.379. The summed E-state index contributed by atoms with van der Waals surface area (Å²) in [6.07, 6.45) is 3.38. The third-order valence-corrected chi connectivity index (χ3v) is 2.47. The van der Waals surface area contributed by atoms with E-state index in [1.807, 2.05) is 24.3 Å². The first kappa shape index (κ1) is 13.3. The molecular weight excluding hydrogens is 216 g/mol. The van der Waals surface area contributed by atoms with Gasteiger partial charge in [0, 0.05) is 0 Å². The van der Waals surface area contributed by atoms with Gasteiger partial charge in [0.15, 0.2) is 0 Å². The van der Waals surface area contributed by atoms with E-state index in [0.29, 0.717) is 5.57 Å². The zero-order valence-corrected chi connectivity index (χ0v) is 10.5. The average molecular weight is 234 g/mol. The van der Waals surface area contributed by atoms with Gasteiger partial charge in [-0.05, 0) is 17.5 Å². The number of rotatable bonds is 5. The van der Waals surface area contributed by atoms with E-state index in [4.69, 9.17) is 9.47 Å². The summed E-state index contributed by atoms with van der Waals surface area (Å²) in [7, 11) is 2.89. The summed E-state index contributed by atoms with van der Waals surface area (Å²) in [4.78, 5) is 11.7. The second kappa shape index (κ2) is 6.74. The van der Waals surface area contributed by atoms with Gasteiger partial charge in [0.1, 0.15) is 5.57 Å². The number of methoxy groups -OCH3 is 2. The molecule has 0 aliphatic carbocycles. The van der Waals surface area contributed by atoms with Gasteiger partial charge < -0.3 is 9.47 Å². The van der Waals surface area contributed by atoms with Crippen molar-refractivity contribution in [1.82, 2.24) is 0 Å². The van der Waals surface area contributed by atoms with Crippen LogP contribution in [0.3, 0.4) is 0 Å². The van der Waals surface area contributed by atoms with Crippen LogP contribution < -0.4 is 0 Å². The van der Waals surface area contributed by atoms with Gasteiger partial charge in [-0.15, -0.1) is 0 Å². The molecule has 92 valence electrons. The summed E-state index contributed by atoms with van der Waals surface area (Å²) < 4.78 is 9.72. The Balaban J connectivity index is 3.18. The second-order valence-electron chi connectivity index (χ2n) is 3.67. The van der Waals surface area contributed by atoms with E-state index in [-0.39, 0.29) is 5.97 Å². The topological polar surface area (TPSA) is 35.5 Å². The van der Waals surface area contributed by atoms with Gasteiger partial charge in [-0.3, -0.25) is 0 Å². The van der Waals surface area contributed by atoms with Crippen molar-refractivity contribution < 1.29 is 14.3 Å². The number of hydrogen-bond donors (Lipinski definition) is 0. The van der Waals surface area contributed by atoms with Crippen molar-refractivity contribution in [3.63, 3.8) is 0 Å². The summed E-state index contributed by atoms with van der Waals surface area (Å²) in [5.74, 6) is -0.379. The van der Waals surface area contributed by atoms with Gasteiger partial charge in [-0.1, -0.05) is 37.6 Å². The highest BCUT2D eigenvalue weighted by atomic mass is 16.5. The number of benzene rings is 1. The normalized spacial score (nSPS) is 11.1. The monoisotopic (exact) mass is 234 g/mol. The summed E-state index contributed by atoms with van der Waals surface area (Å²) in [6.45, 7) is 2.11. The van der Waals surface area contributed by atoms with Crippen LogP contribution in [0.5, 0.6) is 0 Å². The lowest BCUT2D eigenvalue weighted by Gasteiger charge is -2.10. The van der Waals surface area contributed by atoms with Crippen LogP contribution in [-0.4, -0.2) is 20.2 Å². The second-order valence-corrected chi connectivity index (χ2v) is 3.67. The van der Waals surface area contributed by atoms with E-state index >= 15 is 0 Å². The molecule has 0 atom stereocenters. The number of carbonyl (C=O) groups is 1. The van der Waals surface area contributed by atoms with Gasteiger partial charge in [0.25, 0.3) is 0 Å². The van der Waals surface area contributed by atoms with Crippen molar-refractivity contribution >= 4 is 11.5 Å². The van der Waals surface area contributed by atoms with Gasteiger partial charge in [-0.2, -0.15) is 0 Å². The first-order chi connectivity index (χ1) is 8.24. The summed E-state index contributed by atoms with van der Waals surface area (Å²) >= 11 is 0. The molecular formula is C14H18O3. The van der Waals surface area contributed by atoms with Crippen LogP contribution in [0.25, 0.3) is 5.57 Å². The Morgan fingerprint density at radius 1 is 1.29 bits per heavy atom. The molecule has 0 bridgehead atoms. The first-order valence-electron chi connectivity index (χ1n) is 5.64. The van der Waals surface area contributed by atoms with Crippen molar-refractivity contribution in [2.45, 2.75) is 19.8 Å². The summed E-state index contributed by atoms with van der Waals surface area (Å²) in [5, 5.41) is 0. The fourth-order valence-corrected chi connectivity index (χ4v) is 1.72. The molecule has 3 nitrogen and oxygen atoms in total. The van der Waals surface area contributed by atoms with Crippen LogP contribution in [0.1, 0.15) is 24.5 Å². The van der Waals surface area contributed by atoms with Crippen molar-refractivity contribution in [2.75, 3.05) is 14.2 Å². The van der Waals surface area contributed by atoms with E-state index in [2.05, 4.69) is 6.92 Å². The smallest absolute Gasteiger partial charge is 0.341 e. The molecule has 0 radical (unpaired) electrons. The zero-order valence-electron chi connectivity index (χ0n) is 10.5. The van der Waals surface area contributed by atoms with Crippen LogP contribution in [-0.2, 0) is 20.7 Å². The van der Waals surface area contributed by atoms with Crippen LogP contribution in [0, 0.1) is 0 Å². The summed E-state index contributed by atoms with van der Waals surface area (Å²) in [5.41, 5.74) is 2.46. The van der Waals surface area contributed by atoms with E-state index < -0.39 is 0 Å². The Morgan fingerprint density at radius 2 is 2.00 bits per heavy atom. The molecule has 3 heteroatoms. The molecule has 0 spiro atoms. The van der Waals surface area contributed by atoms with E-state index in [1.165, 1.54) is 20.5 Å². The SMILES string of the molecule is CCCc1ccccc1/C(=C\OC)C(=O)OC. The predicted octanol–water partition coefficient (Wildman–Crippen LogP) is 2.80. The van der Waals surface area contributed by atoms with Gasteiger partial charge in [-0.25, -0.2) is 4.79 Å². The maximum Gasteiger partial charge on any atom is 0.341 e. The maximum absolute atomic E-state index is 11.7. The fraction of sp³-hybridized carbons (Fsp3) is 0.357. The lowest BCUT2D eigenvalue weighted by molar-refractivity contribution is -0.133. The molecule has 0 heterocycles.